The summed E-state index contributed by atoms with van der Waals surface area (Å²) in [5, 5.41) is 14.4. The molecule has 2 heterocycles. The highest BCUT2D eigenvalue weighted by Crippen LogP contribution is 2.31. The van der Waals surface area contributed by atoms with Gasteiger partial charge in [-0.25, -0.2) is 19.6 Å². The molecule has 94 valence electrons. The number of halogens is 3. The van der Waals surface area contributed by atoms with Crippen LogP contribution in [0.3, 0.4) is 0 Å². The van der Waals surface area contributed by atoms with Crippen molar-refractivity contribution in [1.29, 1.82) is 0 Å². The molecule has 0 radical (unpaired) electrons. The predicted octanol–water partition coefficient (Wildman–Crippen LogP) is 0.884. The number of alkyl halides is 3. The minimum atomic E-state index is -4.69. The summed E-state index contributed by atoms with van der Waals surface area (Å²) in [5.41, 5.74) is -1.56. The SMILES string of the molecule is O/N=C/c1ncc(-n2cncn2)c(C(F)(F)F)n1. The van der Waals surface area contributed by atoms with Crippen LogP contribution in [0, 0.1) is 0 Å². The Labute approximate surface area is 97.6 Å². The molecule has 0 aromatic carbocycles. The van der Waals surface area contributed by atoms with Gasteiger partial charge in [0.2, 0.25) is 0 Å². The molecule has 0 aliphatic rings. The highest BCUT2D eigenvalue weighted by Gasteiger charge is 2.37. The van der Waals surface area contributed by atoms with Crippen molar-refractivity contribution < 1.29 is 18.4 Å². The van der Waals surface area contributed by atoms with Gasteiger partial charge in [0.1, 0.15) is 24.6 Å². The third kappa shape index (κ3) is 2.26. The van der Waals surface area contributed by atoms with Gasteiger partial charge in [0, 0.05) is 0 Å². The van der Waals surface area contributed by atoms with E-state index in [1.807, 2.05) is 0 Å². The first-order valence-corrected chi connectivity index (χ1v) is 4.49. The van der Waals surface area contributed by atoms with Crippen LogP contribution in [0.5, 0.6) is 0 Å². The Morgan fingerprint density at radius 2 is 2.17 bits per heavy atom. The molecule has 18 heavy (non-hydrogen) atoms. The maximum atomic E-state index is 12.8. The maximum absolute atomic E-state index is 12.8. The highest BCUT2D eigenvalue weighted by molar-refractivity contribution is 5.73. The molecule has 0 aliphatic heterocycles. The standard InChI is InChI=1S/C8H5F3N6O/c9-8(10,11)7-5(17-4-12-3-14-17)1-13-6(16-7)2-15-18/h1-4,18H/b15-2+. The Kier molecular flexibility index (Phi) is 2.92. The zero-order valence-electron chi connectivity index (χ0n) is 8.57. The fourth-order valence-corrected chi connectivity index (χ4v) is 1.21. The molecule has 10 heteroatoms. The van der Waals surface area contributed by atoms with E-state index in [1.165, 1.54) is 0 Å². The topological polar surface area (TPSA) is 89.1 Å². The van der Waals surface area contributed by atoms with E-state index in [9.17, 15) is 13.2 Å². The molecule has 0 fully saturated rings. The van der Waals surface area contributed by atoms with Crippen LogP contribution < -0.4 is 0 Å². The summed E-state index contributed by atoms with van der Waals surface area (Å²) < 4.78 is 39.3. The molecule has 0 spiro atoms. The first-order chi connectivity index (χ1) is 8.52. The van der Waals surface area contributed by atoms with Gasteiger partial charge in [-0.1, -0.05) is 5.16 Å². The van der Waals surface area contributed by atoms with E-state index in [-0.39, 0.29) is 11.5 Å². The lowest BCUT2D eigenvalue weighted by Crippen LogP contribution is -2.16. The molecular formula is C8H5F3N6O. The Hall–Kier alpha value is -2.52. The first-order valence-electron chi connectivity index (χ1n) is 4.49. The van der Waals surface area contributed by atoms with Gasteiger partial charge in [0.25, 0.3) is 0 Å². The van der Waals surface area contributed by atoms with Crippen molar-refractivity contribution in [3.05, 3.63) is 30.4 Å². The van der Waals surface area contributed by atoms with Gasteiger partial charge >= 0.3 is 6.18 Å². The van der Waals surface area contributed by atoms with Gasteiger partial charge in [-0.05, 0) is 0 Å². The quantitative estimate of drug-likeness (QED) is 0.490. The highest BCUT2D eigenvalue weighted by atomic mass is 19.4. The summed E-state index contributed by atoms with van der Waals surface area (Å²) >= 11 is 0. The van der Waals surface area contributed by atoms with Crippen molar-refractivity contribution in [1.82, 2.24) is 24.7 Å². The van der Waals surface area contributed by atoms with Crippen LogP contribution in [-0.2, 0) is 6.18 Å². The van der Waals surface area contributed by atoms with Gasteiger partial charge in [0.05, 0.1) is 6.20 Å². The Morgan fingerprint density at radius 3 is 2.72 bits per heavy atom. The van der Waals surface area contributed by atoms with E-state index in [1.54, 1.807) is 0 Å². The Bertz CT molecular complexity index is 565. The average molecular weight is 258 g/mol. The van der Waals surface area contributed by atoms with Crippen molar-refractivity contribution in [2.24, 2.45) is 5.16 Å². The van der Waals surface area contributed by atoms with Crippen molar-refractivity contribution in [3.63, 3.8) is 0 Å². The third-order valence-electron chi connectivity index (χ3n) is 1.90. The second kappa shape index (κ2) is 4.39. The van der Waals surface area contributed by atoms with Crippen LogP contribution in [0.1, 0.15) is 11.5 Å². The largest absolute Gasteiger partial charge is 0.435 e. The molecular weight excluding hydrogens is 253 g/mol. The average Bonchev–Trinajstić information content (AvgIpc) is 2.81. The summed E-state index contributed by atoms with van der Waals surface area (Å²) in [6.07, 6.45) is -0.902. The van der Waals surface area contributed by atoms with Crippen LogP contribution in [-0.4, -0.2) is 36.2 Å². The predicted molar refractivity (Wildman–Crippen MR) is 51.3 cm³/mol. The fraction of sp³-hybridized carbons (Fsp3) is 0.125. The zero-order chi connectivity index (χ0) is 13.2. The van der Waals surface area contributed by atoms with Crippen molar-refractivity contribution in [2.45, 2.75) is 6.18 Å². The maximum Gasteiger partial charge on any atom is 0.435 e. The Morgan fingerprint density at radius 1 is 1.39 bits per heavy atom. The van der Waals surface area contributed by atoms with Gasteiger partial charge in [0.15, 0.2) is 11.5 Å². The van der Waals surface area contributed by atoms with Crippen LogP contribution >= 0.6 is 0 Å². The van der Waals surface area contributed by atoms with Gasteiger partial charge in [-0.3, -0.25) is 0 Å². The van der Waals surface area contributed by atoms with Gasteiger partial charge in [-0.15, -0.1) is 0 Å². The van der Waals surface area contributed by atoms with E-state index in [0.717, 1.165) is 23.5 Å². The second-order valence-electron chi connectivity index (χ2n) is 3.04. The molecule has 0 amide bonds. The smallest absolute Gasteiger partial charge is 0.411 e. The molecule has 1 N–H and O–H groups in total. The van der Waals surface area contributed by atoms with E-state index in [0.29, 0.717) is 6.21 Å². The third-order valence-corrected chi connectivity index (χ3v) is 1.90. The number of hydrogen-bond acceptors (Lipinski definition) is 6. The summed E-state index contributed by atoms with van der Waals surface area (Å²) in [6, 6.07) is 0. The van der Waals surface area contributed by atoms with Crippen molar-refractivity contribution >= 4 is 6.21 Å². The monoisotopic (exact) mass is 258 g/mol. The molecule has 0 aliphatic carbocycles. The molecule has 7 nitrogen and oxygen atoms in total. The van der Waals surface area contributed by atoms with Crippen LogP contribution in [0.15, 0.2) is 24.0 Å². The molecule has 0 atom stereocenters. The molecule has 2 aromatic heterocycles. The summed E-state index contributed by atoms with van der Waals surface area (Å²) in [7, 11) is 0. The van der Waals surface area contributed by atoms with Crippen LogP contribution in [0.25, 0.3) is 5.69 Å². The van der Waals surface area contributed by atoms with E-state index in [2.05, 4.69) is 25.2 Å². The van der Waals surface area contributed by atoms with Crippen molar-refractivity contribution in [2.75, 3.05) is 0 Å². The molecule has 0 saturated heterocycles. The lowest BCUT2D eigenvalue weighted by atomic mass is 10.3. The van der Waals surface area contributed by atoms with E-state index in [4.69, 9.17) is 5.21 Å². The lowest BCUT2D eigenvalue weighted by Gasteiger charge is -2.10. The van der Waals surface area contributed by atoms with Crippen molar-refractivity contribution in [3.8, 4) is 5.69 Å². The minimum absolute atomic E-state index is 0.366. The number of hydrogen-bond donors (Lipinski definition) is 1. The normalized spacial score (nSPS) is 12.2. The molecule has 0 unspecified atom stereocenters. The molecule has 0 bridgehead atoms. The Balaban J connectivity index is 2.60. The van der Waals surface area contributed by atoms with Gasteiger partial charge in [-0.2, -0.15) is 18.3 Å². The van der Waals surface area contributed by atoms with Crippen LogP contribution in [0.4, 0.5) is 13.2 Å². The summed E-state index contributed by atoms with van der Waals surface area (Å²) in [5.74, 6) is -0.367. The van der Waals surface area contributed by atoms with E-state index < -0.39 is 11.9 Å². The van der Waals surface area contributed by atoms with Crippen LogP contribution in [0.2, 0.25) is 0 Å². The first kappa shape index (κ1) is 12.0. The number of aromatic nitrogens is 5. The summed E-state index contributed by atoms with van der Waals surface area (Å²) in [6.45, 7) is 0. The second-order valence-corrected chi connectivity index (χ2v) is 3.04. The number of nitrogens with zero attached hydrogens (tertiary/aromatic N) is 6. The lowest BCUT2D eigenvalue weighted by molar-refractivity contribution is -0.141. The molecule has 0 saturated carbocycles. The zero-order valence-corrected chi connectivity index (χ0v) is 8.57. The van der Waals surface area contributed by atoms with Gasteiger partial charge < -0.3 is 5.21 Å². The number of rotatable bonds is 2. The summed E-state index contributed by atoms with van der Waals surface area (Å²) in [4.78, 5) is 10.4. The molecule has 2 aromatic rings. The van der Waals surface area contributed by atoms with E-state index >= 15 is 0 Å². The fourth-order valence-electron chi connectivity index (χ4n) is 1.21. The minimum Gasteiger partial charge on any atom is -0.411 e. The number of oxime groups is 1. The molecule has 2 rings (SSSR count).